The summed E-state index contributed by atoms with van der Waals surface area (Å²) in [5.74, 6) is -0.0148. The molecule has 28 heavy (non-hydrogen) atoms. The molecule has 1 N–H and O–H groups in total. The average Bonchev–Trinajstić information content (AvgIpc) is 3.18. The third-order valence-corrected chi connectivity index (χ3v) is 5.36. The zero-order valence-corrected chi connectivity index (χ0v) is 16.9. The van der Waals surface area contributed by atoms with Crippen molar-refractivity contribution in [1.29, 1.82) is 0 Å². The highest BCUT2D eigenvalue weighted by atomic mass is 32.1. The van der Waals surface area contributed by atoms with E-state index in [1.54, 1.807) is 29.5 Å². The molecule has 0 unspecified atom stereocenters. The van der Waals surface area contributed by atoms with Crippen molar-refractivity contribution in [3.05, 3.63) is 70.7 Å². The SMILES string of the molecule is CCCN(Cc1csc(-c2ccc(C(=O)OC)cc2)n1)Cc1ccccc1O. The number of aromatic nitrogens is 1. The molecule has 0 bridgehead atoms. The van der Waals surface area contributed by atoms with Crippen LogP contribution in [0.1, 0.15) is 35.0 Å². The standard InChI is InChI=1S/C22H24N2O3S/c1-3-12-24(13-18-6-4-5-7-20(18)25)14-19-15-28-21(23-19)16-8-10-17(11-9-16)22(26)27-2/h4-11,15,25H,3,12-14H2,1-2H3. The Kier molecular flexibility index (Phi) is 6.79. The second-order valence-corrected chi connectivity index (χ2v) is 7.41. The van der Waals surface area contributed by atoms with Crippen LogP contribution in [0.4, 0.5) is 0 Å². The summed E-state index contributed by atoms with van der Waals surface area (Å²) in [5, 5.41) is 13.0. The Morgan fingerprint density at radius 1 is 1.14 bits per heavy atom. The first kappa shape index (κ1) is 20.0. The van der Waals surface area contributed by atoms with Crippen LogP contribution in [0.2, 0.25) is 0 Å². The summed E-state index contributed by atoms with van der Waals surface area (Å²) in [6, 6.07) is 14.7. The highest BCUT2D eigenvalue weighted by Gasteiger charge is 2.12. The van der Waals surface area contributed by atoms with Crippen molar-refractivity contribution in [3.63, 3.8) is 0 Å². The van der Waals surface area contributed by atoms with Crippen LogP contribution in [0.25, 0.3) is 10.6 Å². The van der Waals surface area contributed by atoms with Gasteiger partial charge in [-0.1, -0.05) is 37.3 Å². The maximum atomic E-state index is 11.6. The van der Waals surface area contributed by atoms with Gasteiger partial charge in [0, 0.05) is 29.6 Å². The molecule has 3 rings (SSSR count). The molecule has 0 aliphatic rings. The first-order valence-corrected chi connectivity index (χ1v) is 10.1. The molecule has 0 saturated carbocycles. The molecule has 2 aromatic carbocycles. The smallest absolute Gasteiger partial charge is 0.337 e. The predicted molar refractivity (Wildman–Crippen MR) is 111 cm³/mol. The molecule has 0 radical (unpaired) electrons. The fraction of sp³-hybridized carbons (Fsp3) is 0.273. The zero-order valence-electron chi connectivity index (χ0n) is 16.1. The van der Waals surface area contributed by atoms with E-state index < -0.39 is 0 Å². The van der Waals surface area contributed by atoms with Gasteiger partial charge >= 0.3 is 5.97 Å². The molecule has 1 aromatic heterocycles. The maximum absolute atomic E-state index is 11.6. The van der Waals surface area contributed by atoms with Gasteiger partial charge in [0.05, 0.1) is 18.4 Å². The van der Waals surface area contributed by atoms with Gasteiger partial charge in [-0.2, -0.15) is 0 Å². The Bertz CT molecular complexity index is 922. The minimum atomic E-state index is -0.342. The molecule has 0 fully saturated rings. The van der Waals surface area contributed by atoms with E-state index in [1.165, 1.54) is 7.11 Å². The van der Waals surface area contributed by atoms with Crippen LogP contribution in [0.3, 0.4) is 0 Å². The predicted octanol–water partition coefficient (Wildman–Crippen LogP) is 4.71. The minimum absolute atomic E-state index is 0.327. The van der Waals surface area contributed by atoms with Crippen LogP contribution < -0.4 is 0 Å². The van der Waals surface area contributed by atoms with Gasteiger partial charge in [-0.25, -0.2) is 9.78 Å². The summed E-state index contributed by atoms with van der Waals surface area (Å²) < 4.78 is 4.73. The summed E-state index contributed by atoms with van der Waals surface area (Å²) in [6.07, 6.45) is 1.03. The van der Waals surface area contributed by atoms with E-state index in [0.717, 1.165) is 41.3 Å². The third kappa shape index (κ3) is 4.97. The first-order chi connectivity index (χ1) is 13.6. The first-order valence-electron chi connectivity index (χ1n) is 9.23. The Morgan fingerprint density at radius 3 is 2.57 bits per heavy atom. The fourth-order valence-electron chi connectivity index (χ4n) is 3.02. The number of carbonyl (C=O) groups is 1. The normalized spacial score (nSPS) is 11.0. The quantitative estimate of drug-likeness (QED) is 0.559. The van der Waals surface area contributed by atoms with E-state index >= 15 is 0 Å². The molecule has 0 spiro atoms. The number of hydrogen-bond donors (Lipinski definition) is 1. The van der Waals surface area contributed by atoms with Crippen LogP contribution in [-0.4, -0.2) is 34.6 Å². The molecule has 146 valence electrons. The highest BCUT2D eigenvalue weighted by Crippen LogP contribution is 2.26. The molecule has 0 amide bonds. The number of esters is 1. The van der Waals surface area contributed by atoms with E-state index in [4.69, 9.17) is 9.72 Å². The Morgan fingerprint density at radius 2 is 1.89 bits per heavy atom. The summed E-state index contributed by atoms with van der Waals surface area (Å²) in [4.78, 5) is 18.6. The molecule has 5 nitrogen and oxygen atoms in total. The lowest BCUT2D eigenvalue weighted by atomic mass is 10.1. The van der Waals surface area contributed by atoms with Gasteiger partial charge in [-0.15, -0.1) is 11.3 Å². The Hall–Kier alpha value is -2.70. The van der Waals surface area contributed by atoms with Crippen molar-refractivity contribution >= 4 is 17.3 Å². The van der Waals surface area contributed by atoms with E-state index in [-0.39, 0.29) is 5.97 Å². The largest absolute Gasteiger partial charge is 0.508 e. The van der Waals surface area contributed by atoms with Crippen LogP contribution in [0.15, 0.2) is 53.9 Å². The van der Waals surface area contributed by atoms with Crippen LogP contribution in [0, 0.1) is 0 Å². The summed E-state index contributed by atoms with van der Waals surface area (Å²) in [5.41, 5.74) is 3.43. The fourth-order valence-corrected chi connectivity index (χ4v) is 3.84. The molecule has 0 aliphatic carbocycles. The maximum Gasteiger partial charge on any atom is 0.337 e. The number of aromatic hydroxyl groups is 1. The van der Waals surface area contributed by atoms with Crippen molar-refractivity contribution in [3.8, 4) is 16.3 Å². The topological polar surface area (TPSA) is 62.7 Å². The third-order valence-electron chi connectivity index (χ3n) is 4.42. The van der Waals surface area contributed by atoms with E-state index in [1.807, 2.05) is 30.3 Å². The van der Waals surface area contributed by atoms with E-state index in [0.29, 0.717) is 17.9 Å². The van der Waals surface area contributed by atoms with Gasteiger partial charge in [0.25, 0.3) is 0 Å². The number of methoxy groups -OCH3 is 1. The molecule has 0 saturated heterocycles. The number of phenolic OH excluding ortho intramolecular Hbond substituents is 1. The molecule has 3 aromatic rings. The number of ether oxygens (including phenoxy) is 1. The van der Waals surface area contributed by atoms with Crippen molar-refractivity contribution in [2.75, 3.05) is 13.7 Å². The minimum Gasteiger partial charge on any atom is -0.508 e. The summed E-state index contributed by atoms with van der Waals surface area (Å²) >= 11 is 1.59. The van der Waals surface area contributed by atoms with Gasteiger partial charge in [-0.05, 0) is 31.2 Å². The summed E-state index contributed by atoms with van der Waals surface area (Å²) in [7, 11) is 1.38. The molecule has 1 heterocycles. The molecule has 0 aliphatic heterocycles. The van der Waals surface area contributed by atoms with Crippen molar-refractivity contribution in [2.24, 2.45) is 0 Å². The number of para-hydroxylation sites is 1. The van der Waals surface area contributed by atoms with Crippen LogP contribution in [0.5, 0.6) is 5.75 Å². The van der Waals surface area contributed by atoms with E-state index in [9.17, 15) is 9.90 Å². The van der Waals surface area contributed by atoms with Gasteiger partial charge in [0.2, 0.25) is 0 Å². The second kappa shape index (κ2) is 9.48. The number of phenols is 1. The number of thiazole rings is 1. The lowest BCUT2D eigenvalue weighted by molar-refractivity contribution is 0.0600. The second-order valence-electron chi connectivity index (χ2n) is 6.55. The number of benzene rings is 2. The van der Waals surface area contributed by atoms with Gasteiger partial charge in [0.15, 0.2) is 0 Å². The molecular formula is C22H24N2O3S. The lowest BCUT2D eigenvalue weighted by Gasteiger charge is -2.21. The van der Waals surface area contributed by atoms with Crippen molar-refractivity contribution in [2.45, 2.75) is 26.4 Å². The Balaban J connectivity index is 1.71. The monoisotopic (exact) mass is 396 g/mol. The van der Waals surface area contributed by atoms with E-state index in [2.05, 4.69) is 17.2 Å². The van der Waals surface area contributed by atoms with Gasteiger partial charge in [0.1, 0.15) is 10.8 Å². The molecular weight excluding hydrogens is 372 g/mol. The number of hydrogen-bond acceptors (Lipinski definition) is 6. The number of nitrogens with zero attached hydrogens (tertiary/aromatic N) is 2. The lowest BCUT2D eigenvalue weighted by Crippen LogP contribution is -2.23. The Labute approximate surface area is 169 Å². The highest BCUT2D eigenvalue weighted by molar-refractivity contribution is 7.13. The summed E-state index contributed by atoms with van der Waals surface area (Å²) in [6.45, 7) is 4.47. The van der Waals surface area contributed by atoms with Gasteiger partial charge < -0.3 is 9.84 Å². The van der Waals surface area contributed by atoms with Gasteiger partial charge in [-0.3, -0.25) is 4.90 Å². The van der Waals surface area contributed by atoms with Crippen molar-refractivity contribution in [1.82, 2.24) is 9.88 Å². The number of rotatable bonds is 8. The molecule has 0 atom stereocenters. The zero-order chi connectivity index (χ0) is 19.9. The van der Waals surface area contributed by atoms with Crippen LogP contribution in [-0.2, 0) is 17.8 Å². The average molecular weight is 397 g/mol. The van der Waals surface area contributed by atoms with Crippen molar-refractivity contribution < 1.29 is 14.6 Å². The van der Waals surface area contributed by atoms with Crippen LogP contribution >= 0.6 is 11.3 Å². The number of carbonyl (C=O) groups excluding carboxylic acids is 1. The molecule has 6 heteroatoms.